The van der Waals surface area contributed by atoms with Crippen molar-refractivity contribution >= 4 is 27.5 Å². The summed E-state index contributed by atoms with van der Waals surface area (Å²) in [4.78, 5) is 12.8. The maximum atomic E-state index is 13.0. The van der Waals surface area contributed by atoms with Gasteiger partial charge in [-0.15, -0.1) is 0 Å². The molecule has 2 N–H and O–H groups in total. The Hall–Kier alpha value is -3.27. The van der Waals surface area contributed by atoms with Crippen molar-refractivity contribution in [1.29, 1.82) is 0 Å². The van der Waals surface area contributed by atoms with Gasteiger partial charge in [-0.1, -0.05) is 29.8 Å². The molecule has 3 aromatic carbocycles. The average Bonchev–Trinajstić information content (AvgIpc) is 3.30. The fourth-order valence-electron chi connectivity index (χ4n) is 3.44. The normalized spacial score (nSPS) is 13.4. The number of rotatable bonds is 9. The largest absolute Gasteiger partial charge is 0.497 e. The van der Waals surface area contributed by atoms with Crippen LogP contribution in [-0.4, -0.2) is 28.2 Å². The van der Waals surface area contributed by atoms with E-state index in [1.54, 1.807) is 43.5 Å². The third-order valence-corrected chi connectivity index (χ3v) is 7.00. The van der Waals surface area contributed by atoms with Gasteiger partial charge in [0.05, 0.1) is 18.0 Å². The third kappa shape index (κ3) is 5.80. The number of fused-ring (bicyclic) bond motifs is 1. The van der Waals surface area contributed by atoms with Crippen molar-refractivity contribution < 1.29 is 27.4 Å². The highest BCUT2D eigenvalue weighted by Gasteiger charge is 2.24. The van der Waals surface area contributed by atoms with Gasteiger partial charge in [0.1, 0.15) is 5.75 Å². The van der Waals surface area contributed by atoms with Gasteiger partial charge in [0.15, 0.2) is 11.5 Å². The summed E-state index contributed by atoms with van der Waals surface area (Å²) in [5.74, 6) is 1.58. The number of sulfonamides is 1. The maximum absolute atomic E-state index is 13.0. The maximum Gasteiger partial charge on any atom is 0.241 e. The SMILES string of the molecule is COc1ccc(C(CC(=O)NCc2ccc3c(c2)OCO3)NS(=O)(=O)c2ccc(Cl)cc2)cc1. The predicted octanol–water partition coefficient (Wildman–Crippen LogP) is 3.80. The first-order valence-corrected chi connectivity index (χ1v) is 12.3. The van der Waals surface area contributed by atoms with Gasteiger partial charge in [-0.2, -0.15) is 0 Å². The Bertz CT molecular complexity index is 1260. The third-order valence-electron chi connectivity index (χ3n) is 5.26. The summed E-state index contributed by atoms with van der Waals surface area (Å²) in [6.07, 6.45) is -0.107. The van der Waals surface area contributed by atoms with Gasteiger partial charge in [-0.05, 0) is 59.7 Å². The lowest BCUT2D eigenvalue weighted by Crippen LogP contribution is -2.33. The summed E-state index contributed by atoms with van der Waals surface area (Å²) in [6.45, 7) is 0.428. The molecular weight excluding hydrogens is 480 g/mol. The molecule has 1 aliphatic rings. The van der Waals surface area contributed by atoms with E-state index in [0.717, 1.165) is 5.56 Å². The number of amides is 1. The monoisotopic (exact) mass is 502 g/mol. The zero-order chi connectivity index (χ0) is 24.1. The molecule has 0 fully saturated rings. The number of methoxy groups -OCH3 is 1. The minimum absolute atomic E-state index is 0.0520. The first kappa shape index (κ1) is 23.9. The number of carbonyl (C=O) groups excluding carboxylic acids is 1. The molecule has 1 aliphatic heterocycles. The average molecular weight is 503 g/mol. The van der Waals surface area contributed by atoms with E-state index >= 15 is 0 Å². The summed E-state index contributed by atoms with van der Waals surface area (Å²) in [6, 6.07) is 17.3. The molecule has 4 rings (SSSR count). The van der Waals surface area contributed by atoms with Gasteiger partial charge in [-0.25, -0.2) is 13.1 Å². The highest BCUT2D eigenvalue weighted by molar-refractivity contribution is 7.89. The van der Waals surface area contributed by atoms with Gasteiger partial charge < -0.3 is 19.5 Å². The number of nitrogens with one attached hydrogen (secondary N) is 2. The highest BCUT2D eigenvalue weighted by Crippen LogP contribution is 2.32. The van der Waals surface area contributed by atoms with Crippen molar-refractivity contribution in [3.05, 3.63) is 82.9 Å². The molecule has 0 spiro atoms. The topological polar surface area (TPSA) is 103 Å². The van der Waals surface area contributed by atoms with E-state index < -0.39 is 16.1 Å². The number of ether oxygens (including phenoxy) is 3. The fraction of sp³-hybridized carbons (Fsp3) is 0.208. The molecule has 0 saturated carbocycles. The van der Waals surface area contributed by atoms with Gasteiger partial charge in [0.25, 0.3) is 0 Å². The Morgan fingerprint density at radius 1 is 1.03 bits per heavy atom. The van der Waals surface area contributed by atoms with Crippen LogP contribution in [0.2, 0.25) is 5.02 Å². The highest BCUT2D eigenvalue weighted by atomic mass is 35.5. The molecule has 0 saturated heterocycles. The van der Waals surface area contributed by atoms with E-state index in [1.165, 1.54) is 24.3 Å². The molecule has 3 aromatic rings. The summed E-state index contributed by atoms with van der Waals surface area (Å²) < 4.78 is 44.4. The summed E-state index contributed by atoms with van der Waals surface area (Å²) in [7, 11) is -2.37. The van der Waals surface area contributed by atoms with Crippen LogP contribution in [0.5, 0.6) is 17.2 Å². The number of halogens is 1. The van der Waals surface area contributed by atoms with Crippen molar-refractivity contribution in [3.63, 3.8) is 0 Å². The van der Waals surface area contributed by atoms with Crippen molar-refractivity contribution in [2.45, 2.75) is 23.9 Å². The smallest absolute Gasteiger partial charge is 0.241 e. The molecular formula is C24H23ClN2O6S. The van der Waals surface area contributed by atoms with Crippen LogP contribution in [0, 0.1) is 0 Å². The zero-order valence-electron chi connectivity index (χ0n) is 18.3. The molecule has 178 valence electrons. The second-order valence-electron chi connectivity index (χ2n) is 7.57. The lowest BCUT2D eigenvalue weighted by molar-refractivity contribution is -0.121. The van der Waals surface area contributed by atoms with Crippen LogP contribution in [0.1, 0.15) is 23.6 Å². The van der Waals surface area contributed by atoms with Crippen LogP contribution >= 0.6 is 11.6 Å². The lowest BCUT2D eigenvalue weighted by atomic mass is 10.0. The van der Waals surface area contributed by atoms with E-state index in [0.29, 0.717) is 27.8 Å². The van der Waals surface area contributed by atoms with E-state index in [2.05, 4.69) is 10.0 Å². The Morgan fingerprint density at radius 3 is 2.44 bits per heavy atom. The standard InChI is InChI=1S/C24H23ClN2O6S/c1-31-19-7-3-17(4-8-19)21(27-34(29,30)20-9-5-18(25)6-10-20)13-24(28)26-14-16-2-11-22-23(12-16)33-15-32-22/h2-12,21,27H,13-15H2,1H3,(H,26,28). The Balaban J connectivity index is 1.49. The summed E-state index contributed by atoms with van der Waals surface area (Å²) in [5, 5.41) is 3.26. The lowest BCUT2D eigenvalue weighted by Gasteiger charge is -2.19. The molecule has 8 nitrogen and oxygen atoms in total. The van der Waals surface area contributed by atoms with Crippen LogP contribution < -0.4 is 24.2 Å². The van der Waals surface area contributed by atoms with Crippen molar-refractivity contribution in [3.8, 4) is 17.2 Å². The summed E-state index contributed by atoms with van der Waals surface area (Å²) >= 11 is 5.88. The first-order chi connectivity index (χ1) is 16.3. The molecule has 1 unspecified atom stereocenters. The molecule has 0 bridgehead atoms. The predicted molar refractivity (Wildman–Crippen MR) is 127 cm³/mol. The van der Waals surface area contributed by atoms with Crippen LogP contribution in [-0.2, 0) is 21.4 Å². The van der Waals surface area contributed by atoms with E-state index in [-0.39, 0.29) is 30.6 Å². The number of benzene rings is 3. The first-order valence-electron chi connectivity index (χ1n) is 10.4. The molecule has 1 amide bonds. The molecule has 0 aromatic heterocycles. The zero-order valence-corrected chi connectivity index (χ0v) is 19.9. The Kier molecular flexibility index (Phi) is 7.26. The van der Waals surface area contributed by atoms with E-state index in [1.807, 2.05) is 6.07 Å². The van der Waals surface area contributed by atoms with Crippen LogP contribution in [0.15, 0.2) is 71.6 Å². The quantitative estimate of drug-likeness (QED) is 0.461. The van der Waals surface area contributed by atoms with Crippen LogP contribution in [0.25, 0.3) is 0 Å². The molecule has 1 atom stereocenters. The number of hydrogen-bond acceptors (Lipinski definition) is 6. The molecule has 1 heterocycles. The van der Waals surface area contributed by atoms with Crippen molar-refractivity contribution in [2.24, 2.45) is 0 Å². The second kappa shape index (κ2) is 10.3. The number of hydrogen-bond donors (Lipinski definition) is 2. The van der Waals surface area contributed by atoms with Crippen LogP contribution in [0.4, 0.5) is 0 Å². The van der Waals surface area contributed by atoms with Crippen molar-refractivity contribution in [2.75, 3.05) is 13.9 Å². The molecule has 34 heavy (non-hydrogen) atoms. The minimum Gasteiger partial charge on any atom is -0.497 e. The molecule has 0 radical (unpaired) electrons. The molecule has 0 aliphatic carbocycles. The second-order valence-corrected chi connectivity index (χ2v) is 9.72. The van der Waals surface area contributed by atoms with Gasteiger partial charge in [0.2, 0.25) is 22.7 Å². The molecule has 10 heteroatoms. The van der Waals surface area contributed by atoms with Gasteiger partial charge in [-0.3, -0.25) is 4.79 Å². The van der Waals surface area contributed by atoms with Gasteiger partial charge in [0, 0.05) is 18.0 Å². The minimum atomic E-state index is -3.91. The number of carbonyl (C=O) groups is 1. The van der Waals surface area contributed by atoms with E-state index in [9.17, 15) is 13.2 Å². The summed E-state index contributed by atoms with van der Waals surface area (Å²) in [5.41, 5.74) is 1.46. The Morgan fingerprint density at radius 2 is 1.74 bits per heavy atom. The van der Waals surface area contributed by atoms with E-state index in [4.69, 9.17) is 25.8 Å². The van der Waals surface area contributed by atoms with Crippen molar-refractivity contribution in [1.82, 2.24) is 10.0 Å². The fourth-order valence-corrected chi connectivity index (χ4v) is 4.79. The van der Waals surface area contributed by atoms with Crippen LogP contribution in [0.3, 0.4) is 0 Å². The van der Waals surface area contributed by atoms with Gasteiger partial charge >= 0.3 is 0 Å². The Labute approximate surface area is 202 Å².